The number of nitrogens with zero attached hydrogens (tertiary/aromatic N) is 1. The number of carboxylic acids is 1. The van der Waals surface area contributed by atoms with Gasteiger partial charge in [-0.3, -0.25) is 9.59 Å². The molecule has 0 spiro atoms. The van der Waals surface area contributed by atoms with Crippen molar-refractivity contribution in [2.45, 2.75) is 6.92 Å². The van der Waals surface area contributed by atoms with Crippen molar-refractivity contribution in [1.82, 2.24) is 4.90 Å². The van der Waals surface area contributed by atoms with Crippen LogP contribution in [0.2, 0.25) is 0 Å². The number of anilines is 2. The number of hydrogen-bond donors (Lipinski definition) is 3. The van der Waals surface area contributed by atoms with Gasteiger partial charge >= 0.3 is 12.0 Å². The Morgan fingerprint density at radius 1 is 1.29 bits per heavy atom. The van der Waals surface area contributed by atoms with Crippen LogP contribution in [0.4, 0.5) is 16.2 Å². The first-order chi connectivity index (χ1) is 9.92. The number of hydrogen-bond acceptors (Lipinski definition) is 3. The van der Waals surface area contributed by atoms with E-state index in [-0.39, 0.29) is 12.5 Å². The highest BCUT2D eigenvalue weighted by molar-refractivity contribution is 5.93. The Morgan fingerprint density at radius 2 is 1.90 bits per heavy atom. The fourth-order valence-electron chi connectivity index (χ4n) is 1.62. The number of carboxylic acid groups (broad SMARTS) is 1. The lowest BCUT2D eigenvalue weighted by Gasteiger charge is -2.19. The van der Waals surface area contributed by atoms with Gasteiger partial charge in [0.2, 0.25) is 5.91 Å². The lowest BCUT2D eigenvalue weighted by molar-refractivity contribution is -0.137. The Morgan fingerprint density at radius 3 is 2.43 bits per heavy atom. The molecule has 0 saturated carbocycles. The predicted octanol–water partition coefficient (Wildman–Crippen LogP) is 1.75. The Kier molecular flexibility index (Phi) is 5.94. The average molecular weight is 291 g/mol. The first-order valence-electron chi connectivity index (χ1n) is 6.18. The molecular formula is C14H17N3O4. The van der Waals surface area contributed by atoms with E-state index in [1.807, 2.05) is 0 Å². The van der Waals surface area contributed by atoms with Crippen molar-refractivity contribution in [3.8, 4) is 0 Å². The van der Waals surface area contributed by atoms with Crippen molar-refractivity contribution in [3.63, 3.8) is 0 Å². The summed E-state index contributed by atoms with van der Waals surface area (Å²) in [5.74, 6) is -1.34. The van der Waals surface area contributed by atoms with Crippen LogP contribution in [0, 0.1) is 0 Å². The third-order valence-corrected chi connectivity index (χ3v) is 2.40. The molecule has 0 aliphatic carbocycles. The zero-order chi connectivity index (χ0) is 15.8. The van der Waals surface area contributed by atoms with Gasteiger partial charge in [0.1, 0.15) is 6.54 Å². The highest BCUT2D eigenvalue weighted by atomic mass is 16.4. The second kappa shape index (κ2) is 7.68. The van der Waals surface area contributed by atoms with Crippen LogP contribution >= 0.6 is 0 Å². The number of benzene rings is 1. The summed E-state index contributed by atoms with van der Waals surface area (Å²) < 4.78 is 0. The molecule has 0 fully saturated rings. The highest BCUT2D eigenvalue weighted by Crippen LogP contribution is 2.15. The first kappa shape index (κ1) is 16.2. The number of urea groups is 1. The molecule has 1 aromatic carbocycles. The Balaban J connectivity index is 2.78. The summed E-state index contributed by atoms with van der Waals surface area (Å²) in [6.07, 6.45) is 1.44. The molecule has 7 heteroatoms. The lowest BCUT2D eigenvalue weighted by Crippen LogP contribution is -2.38. The van der Waals surface area contributed by atoms with Gasteiger partial charge in [-0.2, -0.15) is 0 Å². The third-order valence-electron chi connectivity index (χ3n) is 2.40. The molecule has 0 aliphatic rings. The molecule has 0 saturated heterocycles. The van der Waals surface area contributed by atoms with Crippen molar-refractivity contribution in [3.05, 3.63) is 36.9 Å². The minimum atomic E-state index is -1.11. The zero-order valence-electron chi connectivity index (χ0n) is 11.6. The molecule has 0 radical (unpaired) electrons. The lowest BCUT2D eigenvalue weighted by atomic mass is 10.2. The summed E-state index contributed by atoms with van der Waals surface area (Å²) in [5.41, 5.74) is 0.986. The topological polar surface area (TPSA) is 98.7 Å². The standard InChI is InChI=1S/C14H17N3O4/c1-3-7-17(9-13(19)20)14(21)16-12-6-4-5-11(8-12)15-10(2)18/h3-6,8H,1,7,9H2,2H3,(H,15,18)(H,16,21)(H,19,20). The number of rotatable bonds is 6. The van der Waals surface area contributed by atoms with Gasteiger partial charge in [-0.25, -0.2) is 4.79 Å². The second-order valence-corrected chi connectivity index (χ2v) is 4.26. The monoisotopic (exact) mass is 291 g/mol. The molecule has 1 rings (SSSR count). The maximum absolute atomic E-state index is 12.0. The molecule has 0 aliphatic heterocycles. The third kappa shape index (κ3) is 5.77. The van der Waals surface area contributed by atoms with E-state index in [9.17, 15) is 14.4 Å². The van der Waals surface area contributed by atoms with E-state index in [1.165, 1.54) is 13.0 Å². The van der Waals surface area contributed by atoms with Crippen LogP contribution in [0.3, 0.4) is 0 Å². The molecule has 0 atom stereocenters. The Bertz CT molecular complexity index is 557. The Hall–Kier alpha value is -2.83. The van der Waals surface area contributed by atoms with E-state index >= 15 is 0 Å². The average Bonchev–Trinajstić information content (AvgIpc) is 2.37. The molecule has 1 aromatic rings. The van der Waals surface area contributed by atoms with Crippen LogP contribution in [-0.4, -0.2) is 41.0 Å². The smallest absolute Gasteiger partial charge is 0.323 e. The molecule has 0 heterocycles. The molecule has 0 aromatic heterocycles. The maximum atomic E-state index is 12.0. The van der Waals surface area contributed by atoms with Gasteiger partial charge in [-0.05, 0) is 18.2 Å². The molecule has 7 nitrogen and oxygen atoms in total. The fraction of sp³-hybridized carbons (Fsp3) is 0.214. The van der Waals surface area contributed by atoms with Gasteiger partial charge in [0.15, 0.2) is 0 Å². The molecular weight excluding hydrogens is 274 g/mol. The summed E-state index contributed by atoms with van der Waals surface area (Å²) in [5, 5.41) is 13.9. The number of carbonyl (C=O) groups excluding carboxylic acids is 2. The van der Waals surface area contributed by atoms with Crippen LogP contribution < -0.4 is 10.6 Å². The van der Waals surface area contributed by atoms with E-state index in [0.29, 0.717) is 11.4 Å². The molecule has 0 unspecified atom stereocenters. The van der Waals surface area contributed by atoms with Crippen LogP contribution in [0.1, 0.15) is 6.92 Å². The maximum Gasteiger partial charge on any atom is 0.323 e. The van der Waals surface area contributed by atoms with Gasteiger partial charge in [-0.15, -0.1) is 6.58 Å². The van der Waals surface area contributed by atoms with Crippen molar-refractivity contribution >= 4 is 29.3 Å². The van der Waals surface area contributed by atoms with Crippen molar-refractivity contribution in [1.29, 1.82) is 0 Å². The van der Waals surface area contributed by atoms with Crippen LogP contribution in [0.25, 0.3) is 0 Å². The van der Waals surface area contributed by atoms with E-state index < -0.39 is 18.5 Å². The number of nitrogens with one attached hydrogen (secondary N) is 2. The van der Waals surface area contributed by atoms with Crippen LogP contribution in [0.5, 0.6) is 0 Å². The summed E-state index contributed by atoms with van der Waals surface area (Å²) in [7, 11) is 0. The van der Waals surface area contributed by atoms with Crippen molar-refractivity contribution < 1.29 is 19.5 Å². The van der Waals surface area contributed by atoms with Crippen molar-refractivity contribution in [2.75, 3.05) is 23.7 Å². The van der Waals surface area contributed by atoms with Gasteiger partial charge in [0.25, 0.3) is 0 Å². The summed E-state index contributed by atoms with van der Waals surface area (Å²) in [4.78, 5) is 34.8. The minimum absolute atomic E-state index is 0.115. The minimum Gasteiger partial charge on any atom is -0.480 e. The zero-order valence-corrected chi connectivity index (χ0v) is 11.6. The molecule has 21 heavy (non-hydrogen) atoms. The van der Waals surface area contributed by atoms with Crippen LogP contribution in [0.15, 0.2) is 36.9 Å². The van der Waals surface area contributed by atoms with Crippen LogP contribution in [-0.2, 0) is 9.59 Å². The van der Waals surface area contributed by atoms with Gasteiger partial charge < -0.3 is 20.6 Å². The van der Waals surface area contributed by atoms with E-state index in [4.69, 9.17) is 5.11 Å². The summed E-state index contributed by atoms with van der Waals surface area (Å²) in [6.45, 7) is 4.55. The van der Waals surface area contributed by atoms with Gasteiger partial charge in [0.05, 0.1) is 0 Å². The molecule has 3 N–H and O–H groups in total. The molecule has 112 valence electrons. The van der Waals surface area contributed by atoms with Crippen molar-refractivity contribution in [2.24, 2.45) is 0 Å². The number of carbonyl (C=O) groups is 3. The first-order valence-corrected chi connectivity index (χ1v) is 6.18. The highest BCUT2D eigenvalue weighted by Gasteiger charge is 2.15. The number of amides is 3. The summed E-state index contributed by atoms with van der Waals surface area (Å²) >= 11 is 0. The van der Waals surface area contributed by atoms with Gasteiger partial charge in [-0.1, -0.05) is 12.1 Å². The van der Waals surface area contributed by atoms with Gasteiger partial charge in [0, 0.05) is 24.8 Å². The molecule has 0 bridgehead atoms. The molecule has 3 amide bonds. The Labute approximate surface area is 122 Å². The largest absolute Gasteiger partial charge is 0.480 e. The SMILES string of the molecule is C=CCN(CC(=O)O)C(=O)Nc1cccc(NC(C)=O)c1. The second-order valence-electron chi connectivity index (χ2n) is 4.26. The predicted molar refractivity (Wildman–Crippen MR) is 79.2 cm³/mol. The fourth-order valence-corrected chi connectivity index (χ4v) is 1.62. The number of aliphatic carboxylic acids is 1. The van der Waals surface area contributed by atoms with E-state index in [0.717, 1.165) is 4.90 Å². The normalized spacial score (nSPS) is 9.57. The van der Waals surface area contributed by atoms with E-state index in [2.05, 4.69) is 17.2 Å². The summed E-state index contributed by atoms with van der Waals surface area (Å²) in [6, 6.07) is 5.99. The van der Waals surface area contributed by atoms with E-state index in [1.54, 1.807) is 24.3 Å². The quantitative estimate of drug-likeness (QED) is 0.695.